The first-order chi connectivity index (χ1) is 10.3. The first-order valence-electron chi connectivity index (χ1n) is 8.40. The third-order valence-corrected chi connectivity index (χ3v) is 6.10. The molecule has 0 heterocycles. The van der Waals surface area contributed by atoms with Crippen LogP contribution in [0.4, 0.5) is 0 Å². The zero-order valence-corrected chi connectivity index (χ0v) is 13.2. The van der Waals surface area contributed by atoms with E-state index in [4.69, 9.17) is 11.6 Å². The first kappa shape index (κ1) is 13.6. The minimum Gasteiger partial charge on any atom is -0.123 e. The fraction of sp³-hybridized carbons (Fsp3) is 0.500. The summed E-state index contributed by atoms with van der Waals surface area (Å²) in [5, 5.41) is 3.00. The Morgan fingerprint density at radius 1 is 1.00 bits per heavy atom. The van der Waals surface area contributed by atoms with Crippen LogP contribution in [0.5, 0.6) is 0 Å². The minimum absolute atomic E-state index is 0.292. The smallest absolute Gasteiger partial charge is 0.0379 e. The van der Waals surface area contributed by atoms with E-state index in [2.05, 4.69) is 42.5 Å². The molecule has 0 radical (unpaired) electrons. The summed E-state index contributed by atoms with van der Waals surface area (Å²) in [6.07, 6.45) is 8.11. The number of hydrogen-bond donors (Lipinski definition) is 0. The molecule has 2 aromatic carbocycles. The van der Waals surface area contributed by atoms with Gasteiger partial charge in [0.2, 0.25) is 0 Å². The van der Waals surface area contributed by atoms with Crippen LogP contribution in [-0.4, -0.2) is 5.38 Å². The van der Waals surface area contributed by atoms with Gasteiger partial charge < -0.3 is 0 Å². The van der Waals surface area contributed by atoms with Gasteiger partial charge in [-0.3, -0.25) is 0 Å². The molecular weight excluding hydrogens is 276 g/mol. The van der Waals surface area contributed by atoms with Gasteiger partial charge in [-0.25, -0.2) is 0 Å². The van der Waals surface area contributed by atoms with Gasteiger partial charge in [0.15, 0.2) is 0 Å². The second kappa shape index (κ2) is 5.65. The maximum atomic E-state index is 6.73. The number of alkyl halides is 1. The lowest BCUT2D eigenvalue weighted by atomic mass is 9.84. The van der Waals surface area contributed by atoms with Crippen LogP contribution in [0.1, 0.15) is 37.7 Å². The summed E-state index contributed by atoms with van der Waals surface area (Å²) in [6, 6.07) is 15.3. The third kappa shape index (κ3) is 2.71. The monoisotopic (exact) mass is 298 g/mol. The summed E-state index contributed by atoms with van der Waals surface area (Å²) >= 11 is 6.73. The van der Waals surface area contributed by atoms with Crippen molar-refractivity contribution in [3.05, 3.63) is 48.0 Å². The maximum Gasteiger partial charge on any atom is 0.0379 e. The Kier molecular flexibility index (Phi) is 3.67. The van der Waals surface area contributed by atoms with Crippen LogP contribution in [0.3, 0.4) is 0 Å². The molecule has 0 amide bonds. The van der Waals surface area contributed by atoms with E-state index < -0.39 is 0 Å². The van der Waals surface area contributed by atoms with Gasteiger partial charge >= 0.3 is 0 Å². The average Bonchev–Trinajstić information content (AvgIpc) is 3.10. The Hall–Kier alpha value is -1.01. The highest BCUT2D eigenvalue weighted by Crippen LogP contribution is 2.50. The number of rotatable bonds is 4. The fourth-order valence-corrected chi connectivity index (χ4v) is 5.18. The van der Waals surface area contributed by atoms with E-state index in [1.165, 1.54) is 48.4 Å². The SMILES string of the molecule is ClC(Cc1cccc2ccccc12)CC1CC2CCC1C2. The van der Waals surface area contributed by atoms with Crippen molar-refractivity contribution >= 4 is 22.4 Å². The molecular formula is C20H23Cl. The first-order valence-corrected chi connectivity index (χ1v) is 8.84. The van der Waals surface area contributed by atoms with Crippen LogP contribution in [0.2, 0.25) is 0 Å². The highest BCUT2D eigenvalue weighted by molar-refractivity contribution is 6.20. The third-order valence-electron chi connectivity index (χ3n) is 5.76. The molecule has 110 valence electrons. The van der Waals surface area contributed by atoms with Gasteiger partial charge in [-0.1, -0.05) is 48.9 Å². The lowest BCUT2D eigenvalue weighted by Gasteiger charge is -2.24. The normalized spacial score (nSPS) is 29.1. The highest BCUT2D eigenvalue weighted by atomic mass is 35.5. The summed E-state index contributed by atoms with van der Waals surface area (Å²) in [6.45, 7) is 0. The molecule has 21 heavy (non-hydrogen) atoms. The Balaban J connectivity index is 1.47. The van der Waals surface area contributed by atoms with Gasteiger partial charge in [-0.15, -0.1) is 11.6 Å². The Morgan fingerprint density at radius 3 is 2.67 bits per heavy atom. The predicted molar refractivity (Wildman–Crippen MR) is 90.8 cm³/mol. The van der Waals surface area contributed by atoms with E-state index in [0.717, 1.165) is 24.2 Å². The summed E-state index contributed by atoms with van der Waals surface area (Å²) in [7, 11) is 0. The Morgan fingerprint density at radius 2 is 1.86 bits per heavy atom. The Labute approximate surface area is 132 Å². The van der Waals surface area contributed by atoms with Crippen molar-refractivity contribution in [3.63, 3.8) is 0 Å². The molecule has 0 spiro atoms. The second-order valence-electron chi connectivity index (χ2n) is 7.11. The van der Waals surface area contributed by atoms with E-state index in [0.29, 0.717) is 5.38 Å². The molecule has 0 N–H and O–H groups in total. The fourth-order valence-electron chi connectivity index (χ4n) is 4.79. The number of hydrogen-bond acceptors (Lipinski definition) is 0. The van der Waals surface area contributed by atoms with Crippen LogP contribution in [0, 0.1) is 17.8 Å². The molecule has 4 rings (SSSR count). The molecule has 0 nitrogen and oxygen atoms in total. The van der Waals surface area contributed by atoms with E-state index in [-0.39, 0.29) is 0 Å². The molecule has 2 aromatic rings. The topological polar surface area (TPSA) is 0 Å². The largest absolute Gasteiger partial charge is 0.123 e. The molecule has 4 unspecified atom stereocenters. The standard InChI is InChI=1S/C20H23Cl/c21-19(13-18-11-14-8-9-16(18)10-14)12-17-6-3-5-15-4-1-2-7-20(15)17/h1-7,14,16,18-19H,8-13H2. The molecule has 2 fully saturated rings. The molecule has 2 aliphatic rings. The summed E-state index contributed by atoms with van der Waals surface area (Å²) in [5.41, 5.74) is 1.41. The molecule has 2 aliphatic carbocycles. The lowest BCUT2D eigenvalue weighted by Crippen LogP contribution is -2.17. The van der Waals surface area contributed by atoms with Gasteiger partial charge in [-0.05, 0) is 66.2 Å². The number of fused-ring (bicyclic) bond motifs is 3. The molecule has 0 aromatic heterocycles. The molecule has 1 heteroatoms. The van der Waals surface area contributed by atoms with Gasteiger partial charge in [-0.2, -0.15) is 0 Å². The molecule has 2 saturated carbocycles. The van der Waals surface area contributed by atoms with E-state index in [9.17, 15) is 0 Å². The van der Waals surface area contributed by atoms with Crippen LogP contribution < -0.4 is 0 Å². The zero-order chi connectivity index (χ0) is 14.2. The maximum absolute atomic E-state index is 6.73. The van der Waals surface area contributed by atoms with E-state index in [1.54, 1.807) is 0 Å². The van der Waals surface area contributed by atoms with Crippen molar-refractivity contribution in [2.75, 3.05) is 0 Å². The van der Waals surface area contributed by atoms with Crippen molar-refractivity contribution < 1.29 is 0 Å². The van der Waals surface area contributed by atoms with Crippen LogP contribution in [0.15, 0.2) is 42.5 Å². The molecule has 2 bridgehead atoms. The van der Waals surface area contributed by atoms with Crippen LogP contribution in [-0.2, 0) is 6.42 Å². The van der Waals surface area contributed by atoms with Gasteiger partial charge in [0.05, 0.1) is 0 Å². The van der Waals surface area contributed by atoms with E-state index >= 15 is 0 Å². The summed E-state index contributed by atoms with van der Waals surface area (Å²) in [5.74, 6) is 2.92. The van der Waals surface area contributed by atoms with Crippen molar-refractivity contribution in [1.29, 1.82) is 0 Å². The number of benzene rings is 2. The van der Waals surface area contributed by atoms with Crippen LogP contribution >= 0.6 is 11.6 Å². The quantitative estimate of drug-likeness (QED) is 0.624. The number of halogens is 1. The average molecular weight is 299 g/mol. The molecule has 4 atom stereocenters. The molecule has 0 aliphatic heterocycles. The second-order valence-corrected chi connectivity index (χ2v) is 7.73. The van der Waals surface area contributed by atoms with Crippen molar-refractivity contribution in [2.45, 2.75) is 43.9 Å². The van der Waals surface area contributed by atoms with Crippen molar-refractivity contribution in [1.82, 2.24) is 0 Å². The highest BCUT2D eigenvalue weighted by Gasteiger charge is 2.39. The van der Waals surface area contributed by atoms with Crippen molar-refractivity contribution in [2.24, 2.45) is 17.8 Å². The molecule has 0 saturated heterocycles. The summed E-state index contributed by atoms with van der Waals surface area (Å²) < 4.78 is 0. The van der Waals surface area contributed by atoms with E-state index in [1.807, 2.05) is 0 Å². The Bertz CT molecular complexity index is 627. The predicted octanol–water partition coefficient (Wildman–Crippen LogP) is 5.82. The zero-order valence-electron chi connectivity index (χ0n) is 12.5. The van der Waals surface area contributed by atoms with Gasteiger partial charge in [0.25, 0.3) is 0 Å². The van der Waals surface area contributed by atoms with Gasteiger partial charge in [0.1, 0.15) is 0 Å². The van der Waals surface area contributed by atoms with Crippen molar-refractivity contribution in [3.8, 4) is 0 Å². The summed E-state index contributed by atoms with van der Waals surface area (Å²) in [4.78, 5) is 0. The lowest BCUT2D eigenvalue weighted by molar-refractivity contribution is 0.310. The minimum atomic E-state index is 0.292. The van der Waals surface area contributed by atoms with Gasteiger partial charge in [0, 0.05) is 5.38 Å². The van der Waals surface area contributed by atoms with Crippen LogP contribution in [0.25, 0.3) is 10.8 Å².